The second-order valence-corrected chi connectivity index (χ2v) is 6.19. The van der Waals surface area contributed by atoms with E-state index in [1.807, 2.05) is 60.7 Å². The SMILES string of the molecule is COC(=O)C(C)CN(CCO)C(=O)C(c1ccccc1)c1ccccc1. The quantitative estimate of drug-likeness (QED) is 0.739. The van der Waals surface area contributed by atoms with Crippen molar-refractivity contribution in [2.45, 2.75) is 12.8 Å². The van der Waals surface area contributed by atoms with Crippen LogP contribution in [0.2, 0.25) is 0 Å². The highest BCUT2D eigenvalue weighted by Gasteiger charge is 2.29. The molecule has 1 unspecified atom stereocenters. The van der Waals surface area contributed by atoms with E-state index in [4.69, 9.17) is 4.74 Å². The lowest BCUT2D eigenvalue weighted by atomic mass is 9.89. The van der Waals surface area contributed by atoms with Gasteiger partial charge in [0.25, 0.3) is 0 Å². The molecule has 0 aromatic heterocycles. The summed E-state index contributed by atoms with van der Waals surface area (Å²) in [6.07, 6.45) is 0. The van der Waals surface area contributed by atoms with Crippen molar-refractivity contribution >= 4 is 11.9 Å². The summed E-state index contributed by atoms with van der Waals surface area (Å²) < 4.78 is 4.76. The second-order valence-electron chi connectivity index (χ2n) is 6.19. The minimum Gasteiger partial charge on any atom is -0.469 e. The van der Waals surface area contributed by atoms with Crippen molar-refractivity contribution in [2.24, 2.45) is 5.92 Å². The van der Waals surface area contributed by atoms with E-state index in [1.165, 1.54) is 12.0 Å². The zero-order chi connectivity index (χ0) is 18.9. The van der Waals surface area contributed by atoms with Crippen molar-refractivity contribution in [3.8, 4) is 0 Å². The van der Waals surface area contributed by atoms with Gasteiger partial charge >= 0.3 is 5.97 Å². The normalized spacial score (nSPS) is 11.8. The summed E-state index contributed by atoms with van der Waals surface area (Å²) in [5, 5.41) is 9.41. The zero-order valence-corrected chi connectivity index (χ0v) is 15.2. The summed E-state index contributed by atoms with van der Waals surface area (Å²) in [6, 6.07) is 19.0. The molecule has 5 nitrogen and oxygen atoms in total. The molecule has 0 aliphatic carbocycles. The van der Waals surface area contributed by atoms with Crippen LogP contribution in [-0.4, -0.2) is 48.7 Å². The first kappa shape index (κ1) is 19.7. The van der Waals surface area contributed by atoms with Crippen LogP contribution in [0.15, 0.2) is 60.7 Å². The number of methoxy groups -OCH3 is 1. The van der Waals surface area contributed by atoms with Gasteiger partial charge in [-0.05, 0) is 11.1 Å². The Kier molecular flexibility index (Phi) is 7.36. The van der Waals surface area contributed by atoms with E-state index >= 15 is 0 Å². The van der Waals surface area contributed by atoms with E-state index in [1.54, 1.807) is 6.92 Å². The lowest BCUT2D eigenvalue weighted by Gasteiger charge is -2.29. The minimum absolute atomic E-state index is 0.146. The van der Waals surface area contributed by atoms with Crippen molar-refractivity contribution in [3.63, 3.8) is 0 Å². The van der Waals surface area contributed by atoms with E-state index in [9.17, 15) is 14.7 Å². The van der Waals surface area contributed by atoms with Gasteiger partial charge in [-0.25, -0.2) is 0 Å². The molecule has 0 aliphatic rings. The molecule has 1 amide bonds. The van der Waals surface area contributed by atoms with E-state index in [0.29, 0.717) is 0 Å². The Morgan fingerprint density at radius 3 is 1.92 bits per heavy atom. The van der Waals surface area contributed by atoms with Crippen LogP contribution in [-0.2, 0) is 14.3 Å². The number of hydrogen-bond donors (Lipinski definition) is 1. The third kappa shape index (κ3) is 4.92. The van der Waals surface area contributed by atoms with E-state index < -0.39 is 11.8 Å². The fourth-order valence-electron chi connectivity index (χ4n) is 2.97. The average Bonchev–Trinajstić information content (AvgIpc) is 2.68. The number of benzene rings is 2. The molecule has 26 heavy (non-hydrogen) atoms. The fraction of sp³-hybridized carbons (Fsp3) is 0.333. The molecular weight excluding hydrogens is 330 g/mol. The van der Waals surface area contributed by atoms with Crippen LogP contribution >= 0.6 is 0 Å². The van der Waals surface area contributed by atoms with Crippen molar-refractivity contribution in [1.29, 1.82) is 0 Å². The number of amides is 1. The highest BCUT2D eigenvalue weighted by molar-refractivity contribution is 5.87. The van der Waals surface area contributed by atoms with Crippen LogP contribution in [0.5, 0.6) is 0 Å². The van der Waals surface area contributed by atoms with Gasteiger partial charge in [-0.2, -0.15) is 0 Å². The Morgan fingerprint density at radius 2 is 1.50 bits per heavy atom. The number of carbonyl (C=O) groups excluding carboxylic acids is 2. The average molecular weight is 355 g/mol. The topological polar surface area (TPSA) is 66.8 Å². The first-order valence-corrected chi connectivity index (χ1v) is 8.65. The predicted octanol–water partition coefficient (Wildman–Crippen LogP) is 2.45. The molecule has 0 saturated heterocycles. The largest absolute Gasteiger partial charge is 0.469 e. The lowest BCUT2D eigenvalue weighted by molar-refractivity contribution is -0.146. The molecule has 0 saturated carbocycles. The predicted molar refractivity (Wildman–Crippen MR) is 99.6 cm³/mol. The molecule has 5 heteroatoms. The van der Waals surface area contributed by atoms with Gasteiger partial charge in [-0.1, -0.05) is 67.6 Å². The number of esters is 1. The van der Waals surface area contributed by atoms with Gasteiger partial charge in [0.05, 0.1) is 25.6 Å². The standard InChI is InChI=1S/C21H25NO4/c1-16(21(25)26-2)15-22(13-14-23)20(24)19(17-9-5-3-6-10-17)18-11-7-4-8-12-18/h3-12,16,19,23H,13-15H2,1-2H3. The van der Waals surface area contributed by atoms with Crippen molar-refractivity contribution in [3.05, 3.63) is 71.8 Å². The van der Waals surface area contributed by atoms with Crippen LogP contribution in [0.1, 0.15) is 24.0 Å². The smallest absolute Gasteiger partial charge is 0.310 e. The van der Waals surface area contributed by atoms with Crippen LogP contribution in [0.25, 0.3) is 0 Å². The Hall–Kier alpha value is -2.66. The minimum atomic E-state index is -0.492. The number of nitrogens with zero attached hydrogens (tertiary/aromatic N) is 1. The van der Waals surface area contributed by atoms with Gasteiger partial charge in [0.15, 0.2) is 0 Å². The number of ether oxygens (including phenoxy) is 1. The van der Waals surface area contributed by atoms with Crippen LogP contribution in [0, 0.1) is 5.92 Å². The molecule has 0 aliphatic heterocycles. The molecule has 1 atom stereocenters. The number of hydrogen-bond acceptors (Lipinski definition) is 4. The summed E-state index contributed by atoms with van der Waals surface area (Å²) in [5.41, 5.74) is 1.75. The molecule has 2 aromatic carbocycles. The molecular formula is C21H25NO4. The maximum absolute atomic E-state index is 13.3. The molecule has 138 valence electrons. The highest BCUT2D eigenvalue weighted by atomic mass is 16.5. The first-order chi connectivity index (χ1) is 12.6. The fourth-order valence-corrected chi connectivity index (χ4v) is 2.97. The molecule has 1 N–H and O–H groups in total. The molecule has 0 heterocycles. The van der Waals surface area contributed by atoms with Gasteiger partial charge in [-0.15, -0.1) is 0 Å². The Morgan fingerprint density at radius 1 is 1.00 bits per heavy atom. The van der Waals surface area contributed by atoms with E-state index in [2.05, 4.69) is 0 Å². The summed E-state index contributed by atoms with van der Waals surface area (Å²) in [4.78, 5) is 26.6. The van der Waals surface area contributed by atoms with Gasteiger partial charge in [0.2, 0.25) is 5.91 Å². The van der Waals surface area contributed by atoms with Crippen molar-refractivity contribution in [2.75, 3.05) is 26.8 Å². The van der Waals surface area contributed by atoms with Crippen LogP contribution in [0.3, 0.4) is 0 Å². The van der Waals surface area contributed by atoms with Crippen LogP contribution < -0.4 is 0 Å². The highest BCUT2D eigenvalue weighted by Crippen LogP contribution is 2.27. The molecule has 0 radical (unpaired) electrons. The lowest BCUT2D eigenvalue weighted by Crippen LogP contribution is -2.41. The number of carbonyl (C=O) groups is 2. The van der Waals surface area contributed by atoms with E-state index in [0.717, 1.165) is 11.1 Å². The third-order valence-corrected chi connectivity index (χ3v) is 4.29. The summed E-state index contributed by atoms with van der Waals surface area (Å²) in [7, 11) is 1.33. The molecule has 2 aromatic rings. The molecule has 0 fully saturated rings. The first-order valence-electron chi connectivity index (χ1n) is 8.65. The summed E-state index contributed by atoms with van der Waals surface area (Å²) >= 11 is 0. The van der Waals surface area contributed by atoms with Gasteiger partial charge in [0.1, 0.15) is 0 Å². The summed E-state index contributed by atoms with van der Waals surface area (Å²) in [6.45, 7) is 1.90. The van der Waals surface area contributed by atoms with Gasteiger partial charge < -0.3 is 14.7 Å². The van der Waals surface area contributed by atoms with Gasteiger partial charge in [0, 0.05) is 13.1 Å². The van der Waals surface area contributed by atoms with Crippen molar-refractivity contribution < 1.29 is 19.4 Å². The summed E-state index contributed by atoms with van der Waals surface area (Å²) in [5.74, 6) is -1.49. The maximum Gasteiger partial charge on any atom is 0.310 e. The zero-order valence-electron chi connectivity index (χ0n) is 15.2. The Bertz CT molecular complexity index is 663. The van der Waals surface area contributed by atoms with Crippen LogP contribution in [0.4, 0.5) is 0 Å². The maximum atomic E-state index is 13.3. The third-order valence-electron chi connectivity index (χ3n) is 4.29. The number of aliphatic hydroxyl groups excluding tert-OH is 1. The number of aliphatic hydroxyl groups is 1. The number of rotatable bonds is 8. The van der Waals surface area contributed by atoms with Gasteiger partial charge in [-0.3, -0.25) is 9.59 Å². The molecule has 0 bridgehead atoms. The molecule has 0 spiro atoms. The Labute approximate surface area is 154 Å². The molecule has 2 rings (SSSR count). The monoisotopic (exact) mass is 355 g/mol. The Balaban J connectivity index is 2.35. The second kappa shape index (κ2) is 9.73. The van der Waals surface area contributed by atoms with E-state index in [-0.39, 0.29) is 31.6 Å². The van der Waals surface area contributed by atoms with Crippen molar-refractivity contribution in [1.82, 2.24) is 4.90 Å².